The van der Waals surface area contributed by atoms with Crippen LogP contribution in [0.15, 0.2) is 6.07 Å². The van der Waals surface area contributed by atoms with Gasteiger partial charge in [0.1, 0.15) is 22.6 Å². The number of nitrogens with zero attached hydrogens (tertiary/aromatic N) is 2. The van der Waals surface area contributed by atoms with Gasteiger partial charge in [-0.3, -0.25) is 0 Å². The van der Waals surface area contributed by atoms with Crippen LogP contribution in [0.5, 0.6) is 11.5 Å². The maximum absolute atomic E-state index is 9.78. The number of aryl methyl sites for hydroxylation is 2. The number of nitrogen functional groups attached to an aromatic ring is 1. The van der Waals surface area contributed by atoms with Gasteiger partial charge >= 0.3 is 0 Å². The molecule has 0 aliphatic carbocycles. The monoisotopic (exact) mass is 205 g/mol. The number of nitrogens with two attached hydrogens (primary N) is 1. The Morgan fingerprint density at radius 2 is 2.20 bits per heavy atom. The molecule has 1 aliphatic rings. The van der Waals surface area contributed by atoms with E-state index in [2.05, 4.69) is 4.98 Å². The second-order valence-electron chi connectivity index (χ2n) is 3.81. The molecule has 0 amide bonds. The Balaban J connectivity index is 2.48. The van der Waals surface area contributed by atoms with Gasteiger partial charge in [-0.2, -0.15) is 0 Å². The van der Waals surface area contributed by atoms with Gasteiger partial charge in [0.05, 0.1) is 5.69 Å². The first-order chi connectivity index (χ1) is 7.18. The van der Waals surface area contributed by atoms with E-state index in [0.717, 1.165) is 25.2 Å². The molecule has 0 bridgehead atoms. The molecule has 2 heterocycles. The smallest absolute Gasteiger partial charge is 0.166 e. The van der Waals surface area contributed by atoms with E-state index in [0.29, 0.717) is 11.0 Å². The lowest BCUT2D eigenvalue weighted by Gasteiger charge is -2.04. The summed E-state index contributed by atoms with van der Waals surface area (Å²) >= 11 is 0. The van der Waals surface area contributed by atoms with E-state index in [9.17, 15) is 10.2 Å². The Morgan fingerprint density at radius 3 is 3.00 bits per heavy atom. The number of hydrogen-bond acceptors (Lipinski definition) is 4. The fourth-order valence-corrected chi connectivity index (χ4v) is 2.17. The zero-order valence-electron chi connectivity index (χ0n) is 8.06. The summed E-state index contributed by atoms with van der Waals surface area (Å²) in [6.07, 6.45) is 1.91. The SMILES string of the molecule is Nc1cc(O)c2c(nc3n2CCC3)c1O. The van der Waals surface area contributed by atoms with Crippen molar-refractivity contribution in [2.75, 3.05) is 5.73 Å². The van der Waals surface area contributed by atoms with Gasteiger partial charge < -0.3 is 20.5 Å². The molecule has 78 valence electrons. The number of aromatic hydroxyl groups is 2. The minimum Gasteiger partial charge on any atom is -0.506 e. The van der Waals surface area contributed by atoms with Crippen LogP contribution in [0.4, 0.5) is 5.69 Å². The normalized spacial score (nSPS) is 14.7. The number of benzene rings is 1. The lowest BCUT2D eigenvalue weighted by atomic mass is 10.2. The van der Waals surface area contributed by atoms with Crippen LogP contribution >= 0.6 is 0 Å². The van der Waals surface area contributed by atoms with Crippen LogP contribution in [0, 0.1) is 0 Å². The van der Waals surface area contributed by atoms with Crippen molar-refractivity contribution in [3.8, 4) is 11.5 Å². The third-order valence-corrected chi connectivity index (χ3v) is 2.86. The number of aromatic nitrogens is 2. The van der Waals surface area contributed by atoms with Crippen LogP contribution in [-0.4, -0.2) is 19.8 Å². The Morgan fingerprint density at radius 1 is 1.40 bits per heavy atom. The van der Waals surface area contributed by atoms with Crippen molar-refractivity contribution < 1.29 is 10.2 Å². The van der Waals surface area contributed by atoms with Crippen molar-refractivity contribution in [3.63, 3.8) is 0 Å². The van der Waals surface area contributed by atoms with E-state index in [1.54, 1.807) is 0 Å². The second-order valence-corrected chi connectivity index (χ2v) is 3.81. The highest BCUT2D eigenvalue weighted by molar-refractivity contribution is 5.92. The topological polar surface area (TPSA) is 84.3 Å². The molecule has 0 atom stereocenters. The highest BCUT2D eigenvalue weighted by Gasteiger charge is 2.21. The molecule has 0 radical (unpaired) electrons. The van der Waals surface area contributed by atoms with E-state index in [1.807, 2.05) is 4.57 Å². The maximum Gasteiger partial charge on any atom is 0.166 e. The molecule has 0 fully saturated rings. The van der Waals surface area contributed by atoms with Crippen LogP contribution in [-0.2, 0) is 13.0 Å². The number of phenols is 2. The molecular weight excluding hydrogens is 194 g/mol. The van der Waals surface area contributed by atoms with Crippen LogP contribution in [0.1, 0.15) is 12.2 Å². The summed E-state index contributed by atoms with van der Waals surface area (Å²) in [5, 5.41) is 19.5. The summed E-state index contributed by atoms with van der Waals surface area (Å²) in [5.74, 6) is 0.951. The lowest BCUT2D eigenvalue weighted by molar-refractivity contribution is 0.469. The van der Waals surface area contributed by atoms with Crippen LogP contribution in [0.3, 0.4) is 0 Å². The molecule has 5 nitrogen and oxygen atoms in total. The van der Waals surface area contributed by atoms with Gasteiger partial charge in [0.25, 0.3) is 0 Å². The lowest BCUT2D eigenvalue weighted by Crippen LogP contribution is -1.93. The summed E-state index contributed by atoms with van der Waals surface area (Å²) in [6.45, 7) is 0.836. The minimum atomic E-state index is -0.0373. The van der Waals surface area contributed by atoms with Crippen molar-refractivity contribution in [1.82, 2.24) is 9.55 Å². The van der Waals surface area contributed by atoms with Crippen LogP contribution < -0.4 is 5.73 Å². The molecule has 3 rings (SSSR count). The summed E-state index contributed by atoms with van der Waals surface area (Å²) in [5.41, 5.74) is 6.71. The van der Waals surface area contributed by atoms with Crippen LogP contribution in [0.25, 0.3) is 11.0 Å². The molecule has 15 heavy (non-hydrogen) atoms. The molecule has 0 spiro atoms. The van der Waals surface area contributed by atoms with Crippen molar-refractivity contribution in [3.05, 3.63) is 11.9 Å². The molecule has 1 aromatic heterocycles. The molecule has 1 aliphatic heterocycles. The van der Waals surface area contributed by atoms with Crippen molar-refractivity contribution in [1.29, 1.82) is 0 Å². The van der Waals surface area contributed by atoms with Gasteiger partial charge in [0, 0.05) is 19.0 Å². The number of anilines is 1. The second kappa shape index (κ2) is 2.56. The Labute approximate surface area is 85.8 Å². The zero-order chi connectivity index (χ0) is 10.6. The van der Waals surface area contributed by atoms with Gasteiger partial charge in [-0.15, -0.1) is 0 Å². The molecule has 0 saturated heterocycles. The summed E-state index contributed by atoms with van der Waals surface area (Å²) in [7, 11) is 0. The fraction of sp³-hybridized carbons (Fsp3) is 0.300. The molecule has 5 heteroatoms. The standard InChI is InChI=1S/C10H11N3O2/c11-5-4-6(14)9-8(10(5)15)12-7-2-1-3-13(7)9/h4,14-15H,1-3,11H2. The number of fused-ring (bicyclic) bond motifs is 3. The average Bonchev–Trinajstić information content (AvgIpc) is 2.72. The fourth-order valence-electron chi connectivity index (χ4n) is 2.17. The predicted molar refractivity (Wildman–Crippen MR) is 55.8 cm³/mol. The molecule has 0 unspecified atom stereocenters. The highest BCUT2D eigenvalue weighted by Crippen LogP contribution is 2.38. The number of rotatable bonds is 0. The average molecular weight is 205 g/mol. The summed E-state index contributed by atoms with van der Waals surface area (Å²) in [6, 6.07) is 1.37. The van der Waals surface area contributed by atoms with Gasteiger partial charge in [-0.25, -0.2) is 4.98 Å². The Kier molecular flexibility index (Phi) is 1.44. The summed E-state index contributed by atoms with van der Waals surface area (Å²) in [4.78, 5) is 4.29. The van der Waals surface area contributed by atoms with Gasteiger partial charge in [-0.1, -0.05) is 0 Å². The van der Waals surface area contributed by atoms with Crippen molar-refractivity contribution >= 4 is 16.7 Å². The Hall–Kier alpha value is -1.91. The molecular formula is C10H11N3O2. The van der Waals surface area contributed by atoms with E-state index in [4.69, 9.17) is 5.73 Å². The van der Waals surface area contributed by atoms with Gasteiger partial charge in [0.15, 0.2) is 5.75 Å². The van der Waals surface area contributed by atoms with Gasteiger partial charge in [-0.05, 0) is 6.42 Å². The quantitative estimate of drug-likeness (QED) is 0.340. The number of phenolic OH excluding ortho intramolecular Hbond substituents is 2. The predicted octanol–water partition coefficient (Wildman–Crippen LogP) is 0.976. The van der Waals surface area contributed by atoms with E-state index in [-0.39, 0.29) is 17.2 Å². The van der Waals surface area contributed by atoms with Gasteiger partial charge in [0.2, 0.25) is 0 Å². The highest BCUT2D eigenvalue weighted by atomic mass is 16.3. The zero-order valence-corrected chi connectivity index (χ0v) is 8.06. The largest absolute Gasteiger partial charge is 0.506 e. The first-order valence-electron chi connectivity index (χ1n) is 4.88. The third-order valence-electron chi connectivity index (χ3n) is 2.86. The molecule has 1 aromatic carbocycles. The summed E-state index contributed by atoms with van der Waals surface area (Å²) < 4.78 is 1.93. The van der Waals surface area contributed by atoms with Crippen LogP contribution in [0.2, 0.25) is 0 Å². The first-order valence-corrected chi connectivity index (χ1v) is 4.88. The molecule has 0 saturated carbocycles. The minimum absolute atomic E-state index is 0.0373. The van der Waals surface area contributed by atoms with E-state index < -0.39 is 0 Å². The maximum atomic E-state index is 9.78. The Bertz CT molecular complexity index is 560. The van der Waals surface area contributed by atoms with Crippen molar-refractivity contribution in [2.45, 2.75) is 19.4 Å². The van der Waals surface area contributed by atoms with Crippen molar-refractivity contribution in [2.24, 2.45) is 0 Å². The number of hydrogen-bond donors (Lipinski definition) is 3. The van der Waals surface area contributed by atoms with E-state index in [1.165, 1.54) is 6.07 Å². The number of imidazole rings is 1. The third kappa shape index (κ3) is 0.945. The van der Waals surface area contributed by atoms with E-state index >= 15 is 0 Å². The first kappa shape index (κ1) is 8.40. The molecule has 4 N–H and O–H groups in total. The molecule has 2 aromatic rings.